The van der Waals surface area contributed by atoms with Gasteiger partial charge in [-0.05, 0) is 72.8 Å². The van der Waals surface area contributed by atoms with E-state index in [1.165, 1.54) is 0 Å². The number of pyridine rings is 2. The lowest BCUT2D eigenvalue weighted by molar-refractivity contribution is 0.483. The number of rotatable bonds is 8. The van der Waals surface area contributed by atoms with Gasteiger partial charge in [-0.15, -0.1) is 11.3 Å². The minimum Gasteiger partial charge on any atom is -0.457 e. The second-order valence-electron chi connectivity index (χ2n) is 11.5. The van der Waals surface area contributed by atoms with E-state index in [2.05, 4.69) is 27.1 Å². The highest BCUT2D eigenvalue weighted by molar-refractivity contribution is 7.13. The fourth-order valence-electron chi connectivity index (χ4n) is 6.01. The van der Waals surface area contributed by atoms with E-state index < -0.39 is 0 Å². The summed E-state index contributed by atoms with van der Waals surface area (Å²) in [6.07, 6.45) is 8.98. The van der Waals surface area contributed by atoms with Crippen LogP contribution in [0.5, 0.6) is 23.0 Å². The molecule has 0 spiro atoms. The van der Waals surface area contributed by atoms with Gasteiger partial charge in [0.1, 0.15) is 28.0 Å². The zero-order valence-electron chi connectivity index (χ0n) is 26.4. The Bertz CT molecular complexity index is 2450. The van der Waals surface area contributed by atoms with Crippen molar-refractivity contribution in [3.63, 3.8) is 0 Å². The van der Waals surface area contributed by atoms with Gasteiger partial charge < -0.3 is 9.47 Å². The fraction of sp³-hybridized carbons (Fsp3) is 0. The average molecular weight is 667 g/mol. The first kappa shape index (κ1) is 29.4. The Labute approximate surface area is 291 Å². The normalized spacial score (nSPS) is 11.2. The van der Waals surface area contributed by atoms with Gasteiger partial charge in [0.15, 0.2) is 0 Å². The predicted octanol–water partition coefficient (Wildman–Crippen LogP) is 10.4. The molecule has 238 valence electrons. The Morgan fingerprint density at radius 2 is 1.02 bits per heavy atom. The van der Waals surface area contributed by atoms with Crippen molar-refractivity contribution in [2.45, 2.75) is 0 Å². The monoisotopic (exact) mass is 666 g/mol. The number of fused-ring (bicyclic) bond motifs is 3. The van der Waals surface area contributed by atoms with Crippen LogP contribution in [0.25, 0.3) is 60.8 Å². The van der Waals surface area contributed by atoms with E-state index in [0.29, 0.717) is 28.9 Å². The third-order valence-electron chi connectivity index (χ3n) is 8.29. The van der Waals surface area contributed by atoms with Crippen LogP contribution in [0, 0.1) is 0 Å². The second-order valence-corrected chi connectivity index (χ2v) is 12.4. The highest BCUT2D eigenvalue weighted by atomic mass is 32.1. The Hall–Kier alpha value is -6.71. The van der Waals surface area contributed by atoms with Crippen molar-refractivity contribution in [1.82, 2.24) is 29.5 Å². The summed E-state index contributed by atoms with van der Waals surface area (Å²) >= 11 is 1.55. The molecule has 9 heteroatoms. The fourth-order valence-corrected chi connectivity index (χ4v) is 6.62. The van der Waals surface area contributed by atoms with Crippen LogP contribution in [0.3, 0.4) is 0 Å². The zero-order valence-corrected chi connectivity index (χ0v) is 27.2. The molecule has 0 aliphatic carbocycles. The van der Waals surface area contributed by atoms with Gasteiger partial charge in [0, 0.05) is 76.0 Å². The van der Waals surface area contributed by atoms with Crippen LogP contribution in [0.2, 0.25) is 0 Å². The van der Waals surface area contributed by atoms with Gasteiger partial charge in [-0.3, -0.25) is 14.5 Å². The minimum absolute atomic E-state index is 0.522. The van der Waals surface area contributed by atoms with Crippen LogP contribution in [0.4, 0.5) is 0 Å². The van der Waals surface area contributed by atoms with Gasteiger partial charge >= 0.3 is 0 Å². The van der Waals surface area contributed by atoms with E-state index in [1.807, 2.05) is 132 Å². The van der Waals surface area contributed by atoms with E-state index in [-0.39, 0.29) is 0 Å². The minimum atomic E-state index is 0.522. The molecule has 9 rings (SSSR count). The maximum atomic E-state index is 6.44. The Balaban J connectivity index is 1.13. The molecule has 5 heterocycles. The third-order valence-corrected chi connectivity index (χ3v) is 9.11. The quantitative estimate of drug-likeness (QED) is 0.159. The summed E-state index contributed by atoms with van der Waals surface area (Å²) in [6.45, 7) is 0. The van der Waals surface area contributed by atoms with Crippen molar-refractivity contribution >= 4 is 33.1 Å². The first-order valence-electron chi connectivity index (χ1n) is 15.9. The molecular formula is C41H26N6O2S. The SMILES string of the molecule is c1ccc(-c2cccc(Oc3ccc4c5ccc(Oc6cccc(-c7ccccn7)c6)cc5n(-c5ncc(-c6nccs6)cn5)c4c3)c2)nc1. The molecule has 0 unspecified atom stereocenters. The number of nitrogens with zero attached hydrogens (tertiary/aromatic N) is 6. The van der Waals surface area contributed by atoms with E-state index in [9.17, 15) is 0 Å². The summed E-state index contributed by atoms with van der Waals surface area (Å²) in [5.74, 6) is 3.31. The molecule has 0 radical (unpaired) electrons. The maximum absolute atomic E-state index is 6.44. The molecule has 0 atom stereocenters. The van der Waals surface area contributed by atoms with E-state index >= 15 is 0 Å². The van der Waals surface area contributed by atoms with Crippen molar-refractivity contribution in [2.24, 2.45) is 0 Å². The lowest BCUT2D eigenvalue weighted by atomic mass is 10.1. The number of aromatic nitrogens is 6. The average Bonchev–Trinajstić information content (AvgIpc) is 3.83. The molecule has 0 bridgehead atoms. The van der Waals surface area contributed by atoms with E-state index in [0.717, 1.165) is 54.9 Å². The Morgan fingerprint density at radius 1 is 0.460 bits per heavy atom. The highest BCUT2D eigenvalue weighted by Gasteiger charge is 2.17. The molecule has 0 aliphatic heterocycles. The first-order valence-corrected chi connectivity index (χ1v) is 16.8. The van der Waals surface area contributed by atoms with Crippen molar-refractivity contribution < 1.29 is 9.47 Å². The molecule has 0 fully saturated rings. The molecule has 9 aromatic rings. The molecule has 0 saturated carbocycles. The molecular weight excluding hydrogens is 641 g/mol. The highest BCUT2D eigenvalue weighted by Crippen LogP contribution is 2.38. The molecule has 0 amide bonds. The third kappa shape index (κ3) is 5.72. The standard InChI is InChI=1S/C41H26N6O2S/c1-3-17-42-36(11-1)27-7-5-9-30(21-27)48-32-13-15-34-35-16-14-33(49-31-10-6-8-28(22-31)37-12-2-4-18-43-37)24-39(35)47(38(34)23-32)41-45-25-29(26-46-41)40-44-19-20-50-40/h1-26H. The molecule has 50 heavy (non-hydrogen) atoms. The number of thiazole rings is 1. The van der Waals surface area contributed by atoms with Crippen molar-refractivity contribution in [3.05, 3.63) is 158 Å². The summed E-state index contributed by atoms with van der Waals surface area (Å²) in [5, 5.41) is 4.87. The second kappa shape index (κ2) is 12.7. The summed E-state index contributed by atoms with van der Waals surface area (Å²) in [6, 6.07) is 39.8. The molecule has 0 aliphatic rings. The topological polar surface area (TPSA) is 87.8 Å². The molecule has 8 nitrogen and oxygen atoms in total. The number of hydrogen-bond acceptors (Lipinski definition) is 8. The van der Waals surface area contributed by atoms with Crippen LogP contribution in [0.15, 0.2) is 158 Å². The van der Waals surface area contributed by atoms with E-state index in [1.54, 1.807) is 29.9 Å². The number of benzene rings is 4. The zero-order chi connectivity index (χ0) is 33.3. The van der Waals surface area contributed by atoms with Crippen molar-refractivity contribution in [2.75, 3.05) is 0 Å². The van der Waals surface area contributed by atoms with Gasteiger partial charge in [-0.2, -0.15) is 0 Å². The van der Waals surface area contributed by atoms with Gasteiger partial charge in [0.25, 0.3) is 0 Å². The van der Waals surface area contributed by atoms with Gasteiger partial charge in [-0.25, -0.2) is 15.0 Å². The van der Waals surface area contributed by atoms with Crippen LogP contribution in [-0.4, -0.2) is 29.5 Å². The summed E-state index contributed by atoms with van der Waals surface area (Å²) in [5.41, 5.74) is 6.37. The number of ether oxygens (including phenoxy) is 2. The van der Waals surface area contributed by atoms with Crippen LogP contribution >= 0.6 is 11.3 Å². The molecule has 0 saturated heterocycles. The summed E-state index contributed by atoms with van der Waals surface area (Å²) in [7, 11) is 0. The van der Waals surface area contributed by atoms with Crippen LogP contribution in [0.1, 0.15) is 0 Å². The molecule has 5 aromatic heterocycles. The lowest BCUT2D eigenvalue weighted by Gasteiger charge is -2.10. The van der Waals surface area contributed by atoms with Crippen molar-refractivity contribution in [1.29, 1.82) is 0 Å². The van der Waals surface area contributed by atoms with Gasteiger partial charge in [-0.1, -0.05) is 36.4 Å². The first-order chi connectivity index (χ1) is 24.7. The predicted molar refractivity (Wildman–Crippen MR) is 197 cm³/mol. The van der Waals surface area contributed by atoms with Crippen molar-refractivity contribution in [3.8, 4) is 62.0 Å². The maximum Gasteiger partial charge on any atom is 0.234 e. The largest absolute Gasteiger partial charge is 0.457 e. The van der Waals surface area contributed by atoms with Gasteiger partial charge in [0.2, 0.25) is 5.95 Å². The Morgan fingerprint density at radius 3 is 1.52 bits per heavy atom. The smallest absolute Gasteiger partial charge is 0.234 e. The molecule has 4 aromatic carbocycles. The number of hydrogen-bond donors (Lipinski definition) is 0. The lowest BCUT2D eigenvalue weighted by Crippen LogP contribution is -2.01. The van der Waals surface area contributed by atoms with Crippen LogP contribution < -0.4 is 9.47 Å². The van der Waals surface area contributed by atoms with Crippen LogP contribution in [-0.2, 0) is 0 Å². The summed E-state index contributed by atoms with van der Waals surface area (Å²) < 4.78 is 14.9. The molecule has 0 N–H and O–H groups in total. The van der Waals surface area contributed by atoms with E-state index in [4.69, 9.17) is 19.4 Å². The van der Waals surface area contributed by atoms with Gasteiger partial charge in [0.05, 0.1) is 22.4 Å². The Kier molecular flexibility index (Phi) is 7.49. The summed E-state index contributed by atoms with van der Waals surface area (Å²) in [4.78, 5) is 23.0.